The Labute approximate surface area is 168 Å². The Hall–Kier alpha value is -2.61. The predicted octanol–water partition coefficient (Wildman–Crippen LogP) is 3.90. The van der Waals surface area contributed by atoms with Crippen molar-refractivity contribution in [1.29, 1.82) is 0 Å². The van der Waals surface area contributed by atoms with Crippen molar-refractivity contribution < 1.29 is 19.4 Å². The zero-order valence-corrected chi connectivity index (χ0v) is 16.6. The maximum absolute atomic E-state index is 12.3. The Balaban J connectivity index is 1.64. The Morgan fingerprint density at radius 1 is 1.25 bits per heavy atom. The number of thiazole rings is 1. The number of hydrogen-bond donors (Lipinski definition) is 3. The summed E-state index contributed by atoms with van der Waals surface area (Å²) in [6.45, 7) is 2.26. The van der Waals surface area contributed by atoms with Gasteiger partial charge < -0.3 is 20.5 Å². The van der Waals surface area contributed by atoms with Gasteiger partial charge in [0.15, 0.2) is 0 Å². The van der Waals surface area contributed by atoms with Crippen molar-refractivity contribution in [2.24, 2.45) is 0 Å². The van der Waals surface area contributed by atoms with Gasteiger partial charge in [-0.1, -0.05) is 37.3 Å². The van der Waals surface area contributed by atoms with Gasteiger partial charge >= 0.3 is 12.2 Å². The van der Waals surface area contributed by atoms with Gasteiger partial charge in [-0.05, 0) is 31.2 Å². The molecule has 3 rings (SSSR count). The minimum atomic E-state index is -1.02. The molecule has 1 aromatic heterocycles. The second-order valence-corrected chi connectivity index (χ2v) is 7.80. The van der Waals surface area contributed by atoms with Crippen molar-refractivity contribution in [3.05, 3.63) is 52.0 Å². The fraction of sp³-hybridized carbons (Fsp3) is 0.450. The highest BCUT2D eigenvalue weighted by atomic mass is 32.1. The third-order valence-electron chi connectivity index (χ3n) is 4.94. The van der Waals surface area contributed by atoms with Crippen LogP contribution in [0.5, 0.6) is 0 Å². The molecule has 2 aromatic rings. The monoisotopic (exact) mass is 403 g/mol. The number of benzene rings is 1. The molecule has 1 aliphatic carbocycles. The first-order valence-electron chi connectivity index (χ1n) is 9.46. The van der Waals surface area contributed by atoms with Crippen LogP contribution in [0, 0.1) is 0 Å². The van der Waals surface area contributed by atoms with Gasteiger partial charge in [0.2, 0.25) is 0 Å². The lowest BCUT2D eigenvalue weighted by Gasteiger charge is -2.35. The summed E-state index contributed by atoms with van der Waals surface area (Å²) in [6, 6.07) is 9.24. The van der Waals surface area contributed by atoms with Crippen LogP contribution in [0.1, 0.15) is 48.4 Å². The van der Waals surface area contributed by atoms with E-state index in [9.17, 15) is 9.59 Å². The van der Waals surface area contributed by atoms with Crippen molar-refractivity contribution in [2.75, 3.05) is 0 Å². The quantitative estimate of drug-likeness (QED) is 0.679. The Morgan fingerprint density at radius 2 is 2.04 bits per heavy atom. The van der Waals surface area contributed by atoms with Gasteiger partial charge in [-0.2, -0.15) is 0 Å². The van der Waals surface area contributed by atoms with E-state index in [4.69, 9.17) is 9.84 Å². The standard InChI is InChI=1S/C20H25N3O4S/c1-2-14-12-28-18(21-14)16-10-15(22-19(24)25)8-9-17(16)23-20(26)27-11-13-6-4-3-5-7-13/h3-7,12,15-17,22H,2,8-11H2,1H3,(H,23,26)(H,24,25)/t15?,16-,17+/m1/s1. The molecule has 1 heterocycles. The van der Waals surface area contributed by atoms with Crippen molar-refractivity contribution in [3.63, 3.8) is 0 Å². The summed E-state index contributed by atoms with van der Waals surface area (Å²) in [6.07, 6.45) is 1.29. The number of aromatic nitrogens is 1. The van der Waals surface area contributed by atoms with Gasteiger partial charge in [0, 0.05) is 23.4 Å². The summed E-state index contributed by atoms with van der Waals surface area (Å²) >= 11 is 1.56. The van der Waals surface area contributed by atoms with E-state index in [1.807, 2.05) is 42.6 Å². The molecular formula is C20H25N3O4S. The highest BCUT2D eigenvalue weighted by Gasteiger charge is 2.35. The first kappa shape index (κ1) is 20.1. The first-order valence-corrected chi connectivity index (χ1v) is 10.3. The second kappa shape index (κ2) is 9.54. The number of carbonyl (C=O) groups is 2. The average molecular weight is 404 g/mol. The van der Waals surface area contributed by atoms with Crippen LogP contribution in [0.2, 0.25) is 0 Å². The SMILES string of the molecule is CCc1csc([C@@H]2CC(NC(=O)O)CC[C@@H]2NC(=O)OCc2ccccc2)n1. The van der Waals surface area contributed by atoms with E-state index in [0.29, 0.717) is 19.3 Å². The molecule has 3 N–H and O–H groups in total. The Morgan fingerprint density at radius 3 is 2.71 bits per heavy atom. The van der Waals surface area contributed by atoms with E-state index in [-0.39, 0.29) is 24.6 Å². The molecule has 3 atom stereocenters. The molecule has 0 saturated heterocycles. The number of nitrogens with zero attached hydrogens (tertiary/aromatic N) is 1. The second-order valence-electron chi connectivity index (χ2n) is 6.91. The van der Waals surface area contributed by atoms with E-state index in [1.54, 1.807) is 11.3 Å². The summed E-state index contributed by atoms with van der Waals surface area (Å²) in [5.41, 5.74) is 1.94. The zero-order chi connectivity index (χ0) is 19.9. The number of alkyl carbamates (subject to hydrolysis) is 1. The summed E-state index contributed by atoms with van der Waals surface area (Å²) < 4.78 is 5.36. The molecule has 2 amide bonds. The predicted molar refractivity (Wildman–Crippen MR) is 107 cm³/mol. The first-order chi connectivity index (χ1) is 13.5. The van der Waals surface area contributed by atoms with Crippen molar-refractivity contribution in [3.8, 4) is 0 Å². The van der Waals surface area contributed by atoms with Crippen LogP contribution in [0.25, 0.3) is 0 Å². The highest BCUT2D eigenvalue weighted by Crippen LogP contribution is 2.35. The molecule has 150 valence electrons. The number of carbonyl (C=O) groups excluding carboxylic acids is 1. The number of rotatable bonds is 6. The van der Waals surface area contributed by atoms with E-state index in [2.05, 4.69) is 15.6 Å². The molecule has 1 fully saturated rings. The number of amides is 2. The van der Waals surface area contributed by atoms with Crippen LogP contribution in [0.4, 0.5) is 9.59 Å². The maximum atomic E-state index is 12.3. The van der Waals surface area contributed by atoms with Crippen molar-refractivity contribution >= 4 is 23.5 Å². The lowest BCUT2D eigenvalue weighted by atomic mass is 9.82. The van der Waals surface area contributed by atoms with Crippen LogP contribution in [-0.4, -0.2) is 34.4 Å². The molecule has 1 saturated carbocycles. The summed E-state index contributed by atoms with van der Waals surface area (Å²) in [7, 11) is 0. The summed E-state index contributed by atoms with van der Waals surface area (Å²) in [5.74, 6) is -0.0415. The van der Waals surface area contributed by atoms with Crippen LogP contribution < -0.4 is 10.6 Å². The van der Waals surface area contributed by atoms with E-state index in [0.717, 1.165) is 22.7 Å². The zero-order valence-electron chi connectivity index (χ0n) is 15.8. The van der Waals surface area contributed by atoms with Crippen LogP contribution in [0.15, 0.2) is 35.7 Å². The highest BCUT2D eigenvalue weighted by molar-refractivity contribution is 7.09. The summed E-state index contributed by atoms with van der Waals surface area (Å²) in [5, 5.41) is 17.5. The fourth-order valence-electron chi connectivity index (χ4n) is 3.49. The largest absolute Gasteiger partial charge is 0.465 e. The number of ether oxygens (including phenoxy) is 1. The van der Waals surface area contributed by atoms with Crippen LogP contribution in [-0.2, 0) is 17.8 Å². The number of nitrogens with one attached hydrogen (secondary N) is 2. The molecule has 28 heavy (non-hydrogen) atoms. The van der Waals surface area contributed by atoms with E-state index >= 15 is 0 Å². The Bertz CT molecular complexity index is 796. The van der Waals surface area contributed by atoms with E-state index in [1.165, 1.54) is 0 Å². The molecule has 0 bridgehead atoms. The number of hydrogen-bond acceptors (Lipinski definition) is 5. The molecule has 0 spiro atoms. The lowest BCUT2D eigenvalue weighted by molar-refractivity contribution is 0.128. The third-order valence-corrected chi connectivity index (χ3v) is 5.97. The van der Waals surface area contributed by atoms with Gasteiger partial charge in [0.1, 0.15) is 6.61 Å². The van der Waals surface area contributed by atoms with Gasteiger partial charge in [-0.25, -0.2) is 14.6 Å². The molecule has 1 aliphatic rings. The number of carboxylic acid groups (broad SMARTS) is 1. The Kier molecular flexibility index (Phi) is 6.86. The molecular weight excluding hydrogens is 378 g/mol. The maximum Gasteiger partial charge on any atom is 0.407 e. The van der Waals surface area contributed by atoms with E-state index < -0.39 is 12.2 Å². The normalized spacial score (nSPS) is 21.7. The molecule has 0 radical (unpaired) electrons. The topological polar surface area (TPSA) is 101 Å². The molecule has 1 unspecified atom stereocenters. The molecule has 8 heteroatoms. The van der Waals surface area contributed by atoms with Crippen LogP contribution in [0.3, 0.4) is 0 Å². The van der Waals surface area contributed by atoms with Crippen LogP contribution >= 0.6 is 11.3 Å². The smallest absolute Gasteiger partial charge is 0.407 e. The molecule has 7 nitrogen and oxygen atoms in total. The lowest BCUT2D eigenvalue weighted by Crippen LogP contribution is -2.47. The van der Waals surface area contributed by atoms with Gasteiger partial charge in [-0.3, -0.25) is 0 Å². The number of aryl methyl sites for hydroxylation is 1. The van der Waals surface area contributed by atoms with Crippen molar-refractivity contribution in [1.82, 2.24) is 15.6 Å². The molecule has 1 aromatic carbocycles. The fourth-order valence-corrected chi connectivity index (χ4v) is 4.57. The van der Waals surface area contributed by atoms with Crippen molar-refractivity contribution in [2.45, 2.75) is 57.2 Å². The van der Waals surface area contributed by atoms with Gasteiger partial charge in [0.25, 0.3) is 0 Å². The third kappa shape index (κ3) is 5.45. The summed E-state index contributed by atoms with van der Waals surface area (Å²) in [4.78, 5) is 28.0. The molecule has 0 aliphatic heterocycles. The van der Waals surface area contributed by atoms with Gasteiger partial charge in [-0.15, -0.1) is 11.3 Å². The average Bonchev–Trinajstić information content (AvgIpc) is 3.17. The minimum absolute atomic E-state index is 0.0415. The minimum Gasteiger partial charge on any atom is -0.465 e. The van der Waals surface area contributed by atoms with Gasteiger partial charge in [0.05, 0.1) is 10.7 Å².